The Morgan fingerprint density at radius 1 is 1.11 bits per heavy atom. The molecule has 1 aromatic heterocycles. The molecule has 11 heteroatoms. The van der Waals surface area contributed by atoms with Gasteiger partial charge < -0.3 is 19.3 Å². The fraction of sp³-hybridized carbons (Fsp3) is 0.333. The zero-order valence-electron chi connectivity index (χ0n) is 21.1. The van der Waals surface area contributed by atoms with Crippen LogP contribution in [0.1, 0.15) is 43.9 Å². The average Bonchev–Trinajstić information content (AvgIpc) is 3.39. The van der Waals surface area contributed by atoms with Crippen molar-refractivity contribution in [3.05, 3.63) is 71.9 Å². The van der Waals surface area contributed by atoms with Gasteiger partial charge >= 0.3 is 10.2 Å². The number of rotatable bonds is 9. The maximum atomic E-state index is 12.1. The third-order valence-corrected chi connectivity index (χ3v) is 7.70. The molecule has 1 fully saturated rings. The highest BCUT2D eigenvalue weighted by Gasteiger charge is 2.34. The Balaban J connectivity index is 1.23. The lowest BCUT2D eigenvalue weighted by atomic mass is 10.1. The Labute approximate surface area is 221 Å². The molecule has 1 saturated heterocycles. The van der Waals surface area contributed by atoms with Gasteiger partial charge in [0.1, 0.15) is 29.9 Å². The number of nitrogens with one attached hydrogen (secondary N) is 1. The summed E-state index contributed by atoms with van der Waals surface area (Å²) in [6, 6.07) is 16.0. The summed E-state index contributed by atoms with van der Waals surface area (Å²) in [5.74, 6) is 1.81. The second-order valence-electron chi connectivity index (χ2n) is 9.85. The van der Waals surface area contributed by atoms with Crippen LogP contribution in [0.5, 0.6) is 23.1 Å². The van der Waals surface area contributed by atoms with Gasteiger partial charge in [-0.2, -0.15) is 8.42 Å². The Bertz CT molecular complexity index is 1420. The van der Waals surface area contributed by atoms with Gasteiger partial charge in [-0.25, -0.2) is 14.0 Å². The molecule has 2 aliphatic rings. The zero-order valence-corrected chi connectivity index (χ0v) is 21.9. The van der Waals surface area contributed by atoms with E-state index in [2.05, 4.69) is 4.98 Å². The van der Waals surface area contributed by atoms with Gasteiger partial charge in [-0.15, -0.1) is 0 Å². The number of carbonyl (C=O) groups is 1. The minimum Gasteiger partial charge on any atom is -0.486 e. The van der Waals surface area contributed by atoms with Crippen molar-refractivity contribution in [2.24, 2.45) is 0 Å². The van der Waals surface area contributed by atoms with Crippen LogP contribution in [0.15, 0.2) is 60.8 Å². The van der Waals surface area contributed by atoms with Crippen LogP contribution in [0.3, 0.4) is 0 Å². The third-order valence-electron chi connectivity index (χ3n) is 6.30. The predicted octanol–water partition coefficient (Wildman–Crippen LogP) is 3.66. The van der Waals surface area contributed by atoms with Crippen LogP contribution >= 0.6 is 0 Å². The summed E-state index contributed by atoms with van der Waals surface area (Å²) in [6.07, 6.45) is 3.47. The lowest BCUT2D eigenvalue weighted by Gasteiger charge is -2.18. The number of carbonyl (C=O) groups excluding carboxylic acids is 1. The number of ether oxygens (including phenoxy) is 3. The second kappa shape index (κ2) is 10.1. The maximum Gasteiger partial charge on any atom is 0.326 e. The smallest absolute Gasteiger partial charge is 0.326 e. The zero-order chi connectivity index (χ0) is 26.9. The van der Waals surface area contributed by atoms with Crippen molar-refractivity contribution in [3.8, 4) is 23.1 Å². The quantitative estimate of drug-likeness (QED) is 0.422. The van der Waals surface area contributed by atoms with E-state index in [1.807, 2.05) is 22.9 Å². The number of aliphatic hydroxyl groups is 1. The van der Waals surface area contributed by atoms with E-state index < -0.39 is 21.7 Å². The van der Waals surface area contributed by atoms with E-state index >= 15 is 0 Å². The summed E-state index contributed by atoms with van der Waals surface area (Å²) in [5.41, 5.74) is 1.69. The largest absolute Gasteiger partial charge is 0.486 e. The third kappa shape index (κ3) is 5.84. The number of nitrogens with zero attached hydrogens (tertiary/aromatic N) is 2. The van der Waals surface area contributed by atoms with Crippen molar-refractivity contribution in [1.29, 1.82) is 0 Å². The highest BCUT2D eigenvalue weighted by atomic mass is 32.2. The summed E-state index contributed by atoms with van der Waals surface area (Å²) >= 11 is 0. The molecule has 1 aliphatic carbocycles. The summed E-state index contributed by atoms with van der Waals surface area (Å²) in [7, 11) is -3.85. The summed E-state index contributed by atoms with van der Waals surface area (Å²) in [5, 5.41) is 9.80. The molecule has 200 valence electrons. The monoisotopic (exact) mass is 539 g/mol. The van der Waals surface area contributed by atoms with Gasteiger partial charge in [-0.3, -0.25) is 4.79 Å². The first-order valence-electron chi connectivity index (χ1n) is 12.3. The number of fused-ring (bicyclic) bond motifs is 1. The standard InChI is InChI=1S/C27H29N3O7S/c1-27(2,32)14-15-35-26-13-10-20(16-28-26)37-23-5-3-4-21-22(23)11-12-24(21)36-19-8-6-18(7-9-19)30-17-25(31)29-38(30,33)34/h3-10,13,16,24,32H,11-12,14-15,17H2,1-2H3,(H,29,31)/t24-/m1/s1. The average molecular weight is 540 g/mol. The Hall–Kier alpha value is -3.83. The first-order chi connectivity index (χ1) is 18.1. The van der Waals surface area contributed by atoms with Gasteiger partial charge in [0.2, 0.25) is 5.88 Å². The SMILES string of the molecule is CC(C)(O)CCOc1ccc(Oc2cccc3c2CC[C@H]3Oc2ccc(N3CC(=O)NS3(=O)=O)cc2)cn1. The minimum atomic E-state index is -3.85. The van der Waals surface area contributed by atoms with E-state index in [0.717, 1.165) is 34.0 Å². The molecule has 0 spiro atoms. The molecule has 38 heavy (non-hydrogen) atoms. The molecule has 0 unspecified atom stereocenters. The van der Waals surface area contributed by atoms with E-state index in [1.165, 1.54) is 0 Å². The molecule has 2 heterocycles. The van der Waals surface area contributed by atoms with Crippen molar-refractivity contribution in [3.63, 3.8) is 0 Å². The van der Waals surface area contributed by atoms with Gasteiger partial charge in [0.05, 0.1) is 24.1 Å². The molecule has 5 rings (SSSR count). The highest BCUT2D eigenvalue weighted by molar-refractivity contribution is 7.92. The lowest BCUT2D eigenvalue weighted by molar-refractivity contribution is -0.117. The summed E-state index contributed by atoms with van der Waals surface area (Å²) < 4.78 is 45.0. The van der Waals surface area contributed by atoms with Crippen molar-refractivity contribution in [2.45, 2.75) is 44.8 Å². The molecule has 0 bridgehead atoms. The van der Waals surface area contributed by atoms with Crippen LogP contribution in [0.4, 0.5) is 5.69 Å². The first kappa shape index (κ1) is 25.8. The van der Waals surface area contributed by atoms with E-state index in [9.17, 15) is 18.3 Å². The summed E-state index contributed by atoms with van der Waals surface area (Å²) in [4.78, 5) is 15.8. The number of benzene rings is 2. The van der Waals surface area contributed by atoms with Crippen LogP contribution in [0, 0.1) is 0 Å². The number of aromatic nitrogens is 1. The van der Waals surface area contributed by atoms with Crippen LogP contribution in [-0.4, -0.2) is 43.2 Å². The molecule has 1 atom stereocenters. The number of hydrogen-bond donors (Lipinski definition) is 2. The molecule has 0 radical (unpaired) electrons. The molecule has 2 aromatic carbocycles. The molecule has 1 aliphatic heterocycles. The maximum absolute atomic E-state index is 12.1. The van der Waals surface area contributed by atoms with Gasteiger partial charge in [0.25, 0.3) is 5.91 Å². The van der Waals surface area contributed by atoms with Crippen molar-refractivity contribution in [2.75, 3.05) is 17.5 Å². The van der Waals surface area contributed by atoms with Crippen molar-refractivity contribution < 1.29 is 32.5 Å². The number of anilines is 1. The molecule has 2 N–H and O–H groups in total. The van der Waals surface area contributed by atoms with Gasteiger partial charge in [-0.05, 0) is 68.7 Å². The Morgan fingerprint density at radius 3 is 2.53 bits per heavy atom. The van der Waals surface area contributed by atoms with E-state index in [0.29, 0.717) is 36.1 Å². The van der Waals surface area contributed by atoms with Gasteiger partial charge in [0.15, 0.2) is 0 Å². The van der Waals surface area contributed by atoms with Gasteiger partial charge in [0, 0.05) is 18.1 Å². The van der Waals surface area contributed by atoms with Gasteiger partial charge in [-0.1, -0.05) is 12.1 Å². The number of hydrogen-bond acceptors (Lipinski definition) is 8. The molecule has 1 amide bonds. The lowest BCUT2D eigenvalue weighted by Crippen LogP contribution is -2.29. The van der Waals surface area contributed by atoms with E-state index in [1.54, 1.807) is 56.4 Å². The van der Waals surface area contributed by atoms with Crippen LogP contribution in [0.25, 0.3) is 0 Å². The predicted molar refractivity (Wildman–Crippen MR) is 140 cm³/mol. The number of amides is 1. The fourth-order valence-corrected chi connectivity index (χ4v) is 5.53. The molecule has 10 nitrogen and oxygen atoms in total. The topological polar surface area (TPSA) is 127 Å². The normalized spacial score (nSPS) is 18.1. The molecule has 3 aromatic rings. The Morgan fingerprint density at radius 2 is 1.87 bits per heavy atom. The molecule has 0 saturated carbocycles. The first-order valence-corrected chi connectivity index (χ1v) is 13.7. The Kier molecular flexibility index (Phi) is 6.89. The van der Waals surface area contributed by atoms with E-state index in [4.69, 9.17) is 14.2 Å². The van der Waals surface area contributed by atoms with Crippen LogP contribution in [0.2, 0.25) is 0 Å². The minimum absolute atomic E-state index is 0.178. The molecular weight excluding hydrogens is 510 g/mol. The number of pyridine rings is 1. The van der Waals surface area contributed by atoms with Crippen LogP contribution in [-0.2, 0) is 21.4 Å². The van der Waals surface area contributed by atoms with Crippen molar-refractivity contribution >= 4 is 21.8 Å². The fourth-order valence-electron chi connectivity index (χ4n) is 4.38. The second-order valence-corrected chi connectivity index (χ2v) is 11.4. The molecular formula is C27H29N3O7S. The van der Waals surface area contributed by atoms with E-state index in [-0.39, 0.29) is 12.6 Å². The summed E-state index contributed by atoms with van der Waals surface area (Å²) in [6.45, 7) is 3.59. The highest BCUT2D eigenvalue weighted by Crippen LogP contribution is 2.41. The van der Waals surface area contributed by atoms with Crippen LogP contribution < -0.4 is 23.2 Å². The van der Waals surface area contributed by atoms with Crippen molar-refractivity contribution in [1.82, 2.24) is 9.71 Å².